The SMILES string of the molecule is CC(C)CC(C)NS(=O)(=O)Cc1ccccc1CN. The molecule has 1 rings (SSSR count). The molecular formula is C14H24N2O2S. The van der Waals surface area contributed by atoms with Gasteiger partial charge in [0.25, 0.3) is 0 Å². The van der Waals surface area contributed by atoms with E-state index in [9.17, 15) is 8.42 Å². The van der Waals surface area contributed by atoms with Gasteiger partial charge in [0.2, 0.25) is 10.0 Å². The van der Waals surface area contributed by atoms with Crippen LogP contribution in [0, 0.1) is 5.92 Å². The summed E-state index contributed by atoms with van der Waals surface area (Å²) < 4.78 is 26.9. The van der Waals surface area contributed by atoms with Gasteiger partial charge in [0.1, 0.15) is 0 Å². The van der Waals surface area contributed by atoms with Crippen LogP contribution in [0.3, 0.4) is 0 Å². The van der Waals surface area contributed by atoms with E-state index in [1.54, 1.807) is 0 Å². The highest BCUT2D eigenvalue weighted by Gasteiger charge is 2.17. The first-order valence-corrected chi connectivity index (χ1v) is 8.26. The Bertz CT molecular complexity index is 498. The molecule has 1 unspecified atom stereocenters. The van der Waals surface area contributed by atoms with Crippen LogP contribution < -0.4 is 10.5 Å². The van der Waals surface area contributed by atoms with Gasteiger partial charge in [-0.1, -0.05) is 38.1 Å². The van der Waals surface area contributed by atoms with Gasteiger partial charge in [0.15, 0.2) is 0 Å². The largest absolute Gasteiger partial charge is 0.326 e. The summed E-state index contributed by atoms with van der Waals surface area (Å²) in [5, 5.41) is 0. The van der Waals surface area contributed by atoms with Crippen molar-refractivity contribution in [2.45, 2.75) is 45.5 Å². The Labute approximate surface area is 116 Å². The van der Waals surface area contributed by atoms with Crippen molar-refractivity contribution in [3.63, 3.8) is 0 Å². The minimum absolute atomic E-state index is 0.0111. The summed E-state index contributed by atoms with van der Waals surface area (Å²) in [6, 6.07) is 7.33. The third-order valence-corrected chi connectivity index (χ3v) is 4.34. The van der Waals surface area contributed by atoms with Gasteiger partial charge < -0.3 is 5.73 Å². The summed E-state index contributed by atoms with van der Waals surface area (Å²) >= 11 is 0. The molecule has 0 radical (unpaired) electrons. The summed E-state index contributed by atoms with van der Waals surface area (Å²) in [6.45, 7) is 6.41. The van der Waals surface area contributed by atoms with Crippen molar-refractivity contribution in [2.75, 3.05) is 0 Å². The molecule has 0 saturated carbocycles. The first kappa shape index (κ1) is 16.1. The molecule has 4 nitrogen and oxygen atoms in total. The Morgan fingerprint density at radius 2 is 1.74 bits per heavy atom. The van der Waals surface area contributed by atoms with E-state index in [2.05, 4.69) is 18.6 Å². The Balaban J connectivity index is 2.74. The zero-order chi connectivity index (χ0) is 14.5. The van der Waals surface area contributed by atoms with Crippen LogP contribution in [-0.4, -0.2) is 14.5 Å². The molecule has 0 fully saturated rings. The molecule has 0 amide bonds. The smallest absolute Gasteiger partial charge is 0.216 e. The average molecular weight is 284 g/mol. The second kappa shape index (κ2) is 7.03. The molecule has 3 N–H and O–H groups in total. The quantitative estimate of drug-likeness (QED) is 0.804. The lowest BCUT2D eigenvalue weighted by molar-refractivity contribution is 0.482. The maximum atomic E-state index is 12.1. The molecule has 0 saturated heterocycles. The lowest BCUT2D eigenvalue weighted by Gasteiger charge is -2.16. The summed E-state index contributed by atoms with van der Waals surface area (Å²) in [5.74, 6) is 0.456. The lowest BCUT2D eigenvalue weighted by Crippen LogP contribution is -2.34. The number of benzene rings is 1. The van der Waals surface area contributed by atoms with E-state index in [1.807, 2.05) is 31.2 Å². The highest BCUT2D eigenvalue weighted by atomic mass is 32.2. The van der Waals surface area contributed by atoms with Crippen LogP contribution in [0.5, 0.6) is 0 Å². The van der Waals surface area contributed by atoms with Crippen LogP contribution in [0.4, 0.5) is 0 Å². The second-order valence-electron chi connectivity index (χ2n) is 5.38. The van der Waals surface area contributed by atoms with E-state index in [1.165, 1.54) is 0 Å². The number of hydrogen-bond acceptors (Lipinski definition) is 3. The molecule has 0 aliphatic carbocycles. The normalized spacial score (nSPS) is 13.7. The van der Waals surface area contributed by atoms with E-state index in [4.69, 9.17) is 5.73 Å². The Hall–Kier alpha value is -0.910. The van der Waals surface area contributed by atoms with E-state index < -0.39 is 10.0 Å². The molecule has 1 aromatic carbocycles. The van der Waals surface area contributed by atoms with Gasteiger partial charge in [0, 0.05) is 12.6 Å². The minimum atomic E-state index is -3.32. The third kappa shape index (κ3) is 5.72. The summed E-state index contributed by atoms with van der Waals surface area (Å²) in [6.07, 6.45) is 0.831. The summed E-state index contributed by atoms with van der Waals surface area (Å²) in [5.41, 5.74) is 7.27. The minimum Gasteiger partial charge on any atom is -0.326 e. The first-order chi connectivity index (χ1) is 8.84. The Morgan fingerprint density at radius 1 is 1.16 bits per heavy atom. The van der Waals surface area contributed by atoms with Gasteiger partial charge in [-0.2, -0.15) is 0 Å². The number of nitrogens with two attached hydrogens (primary N) is 1. The van der Waals surface area contributed by atoms with Crippen molar-refractivity contribution in [3.8, 4) is 0 Å². The monoisotopic (exact) mass is 284 g/mol. The van der Waals surface area contributed by atoms with Crippen molar-refractivity contribution < 1.29 is 8.42 Å². The number of sulfonamides is 1. The summed E-state index contributed by atoms with van der Waals surface area (Å²) in [7, 11) is -3.32. The van der Waals surface area contributed by atoms with Crippen LogP contribution in [0.25, 0.3) is 0 Å². The van der Waals surface area contributed by atoms with Gasteiger partial charge >= 0.3 is 0 Å². The second-order valence-corrected chi connectivity index (χ2v) is 7.13. The summed E-state index contributed by atoms with van der Waals surface area (Å²) in [4.78, 5) is 0. The molecule has 0 bridgehead atoms. The number of rotatable bonds is 7. The van der Waals surface area contributed by atoms with Crippen LogP contribution in [0.2, 0.25) is 0 Å². The zero-order valence-corrected chi connectivity index (χ0v) is 12.7. The van der Waals surface area contributed by atoms with Crippen LogP contribution in [0.1, 0.15) is 38.3 Å². The molecule has 0 aliphatic rings. The highest BCUT2D eigenvalue weighted by Crippen LogP contribution is 2.13. The van der Waals surface area contributed by atoms with E-state index in [-0.39, 0.29) is 11.8 Å². The maximum Gasteiger partial charge on any atom is 0.216 e. The lowest BCUT2D eigenvalue weighted by atomic mass is 10.1. The molecule has 0 heterocycles. The molecule has 0 aromatic heterocycles. The van der Waals surface area contributed by atoms with Crippen molar-refractivity contribution in [2.24, 2.45) is 11.7 Å². The average Bonchev–Trinajstić information content (AvgIpc) is 2.26. The molecule has 1 aromatic rings. The predicted molar refractivity (Wildman–Crippen MR) is 79.0 cm³/mol. The van der Waals surface area contributed by atoms with Gasteiger partial charge in [-0.25, -0.2) is 13.1 Å². The fourth-order valence-electron chi connectivity index (χ4n) is 2.21. The standard InChI is InChI=1S/C14H24N2O2S/c1-11(2)8-12(3)16-19(17,18)10-14-7-5-4-6-13(14)9-15/h4-7,11-12,16H,8-10,15H2,1-3H3. The molecule has 108 valence electrons. The molecule has 19 heavy (non-hydrogen) atoms. The zero-order valence-electron chi connectivity index (χ0n) is 11.9. The van der Waals surface area contributed by atoms with Crippen molar-refractivity contribution in [1.82, 2.24) is 4.72 Å². The molecule has 0 aliphatic heterocycles. The fraction of sp³-hybridized carbons (Fsp3) is 0.571. The third-order valence-electron chi connectivity index (χ3n) is 2.89. The topological polar surface area (TPSA) is 72.2 Å². The Kier molecular flexibility index (Phi) is 5.97. The fourth-order valence-corrected chi connectivity index (χ4v) is 3.69. The van der Waals surface area contributed by atoms with Gasteiger partial charge in [0.05, 0.1) is 5.75 Å². The van der Waals surface area contributed by atoms with E-state index in [0.717, 1.165) is 17.5 Å². The first-order valence-electron chi connectivity index (χ1n) is 6.61. The van der Waals surface area contributed by atoms with Crippen LogP contribution in [0.15, 0.2) is 24.3 Å². The van der Waals surface area contributed by atoms with Gasteiger partial charge in [-0.05, 0) is 30.4 Å². The van der Waals surface area contributed by atoms with Crippen LogP contribution >= 0.6 is 0 Å². The molecule has 1 atom stereocenters. The number of hydrogen-bond donors (Lipinski definition) is 2. The van der Waals surface area contributed by atoms with Crippen molar-refractivity contribution in [3.05, 3.63) is 35.4 Å². The molecule has 5 heteroatoms. The van der Waals surface area contributed by atoms with E-state index >= 15 is 0 Å². The predicted octanol–water partition coefficient (Wildman–Crippen LogP) is 2.00. The number of nitrogens with one attached hydrogen (secondary N) is 1. The van der Waals surface area contributed by atoms with Gasteiger partial charge in [-0.15, -0.1) is 0 Å². The van der Waals surface area contributed by atoms with Crippen LogP contribution in [-0.2, 0) is 22.3 Å². The molecule has 0 spiro atoms. The van der Waals surface area contributed by atoms with Crippen molar-refractivity contribution >= 4 is 10.0 Å². The van der Waals surface area contributed by atoms with E-state index in [0.29, 0.717) is 12.5 Å². The van der Waals surface area contributed by atoms with Crippen molar-refractivity contribution in [1.29, 1.82) is 0 Å². The maximum absolute atomic E-state index is 12.1. The molecular weight excluding hydrogens is 260 g/mol. The Morgan fingerprint density at radius 3 is 2.26 bits per heavy atom. The van der Waals surface area contributed by atoms with Gasteiger partial charge in [-0.3, -0.25) is 0 Å². The highest BCUT2D eigenvalue weighted by molar-refractivity contribution is 7.88.